The third kappa shape index (κ3) is 0.852. The Morgan fingerprint density at radius 1 is 1.55 bits per heavy atom. The second-order valence-electron chi connectivity index (χ2n) is 2.64. The minimum atomic E-state index is 0.709. The molecule has 0 atom stereocenters. The molecule has 2 aromatic heterocycles. The Morgan fingerprint density at radius 2 is 2.36 bits per heavy atom. The third-order valence-electron chi connectivity index (χ3n) is 1.76. The Balaban J connectivity index is 2.87. The van der Waals surface area contributed by atoms with Crippen molar-refractivity contribution in [2.45, 2.75) is 6.92 Å². The lowest BCUT2D eigenvalue weighted by atomic mass is 10.2. The van der Waals surface area contributed by atoms with Crippen LogP contribution in [0.15, 0.2) is 18.5 Å². The number of fused-ring (bicyclic) bond motifs is 1. The molecule has 11 heavy (non-hydrogen) atoms. The number of nitrogens with zero attached hydrogens (tertiary/aromatic N) is 1. The second kappa shape index (κ2) is 1.99. The largest absolute Gasteiger partial charge is 0.397 e. The van der Waals surface area contributed by atoms with Crippen molar-refractivity contribution >= 4 is 16.7 Å². The molecule has 0 aromatic carbocycles. The number of aryl methyl sites for hydroxylation is 1. The Hall–Kier alpha value is -1.51. The summed E-state index contributed by atoms with van der Waals surface area (Å²) in [6.07, 6.45) is 3.58. The fourth-order valence-electron chi connectivity index (χ4n) is 1.15. The molecule has 3 N–H and O–H groups in total. The molecule has 0 aliphatic heterocycles. The molecule has 0 aliphatic rings. The summed E-state index contributed by atoms with van der Waals surface area (Å²) in [5, 5.41) is 1.10. The maximum Gasteiger partial charge on any atom is 0.137 e. The molecule has 0 bridgehead atoms. The van der Waals surface area contributed by atoms with E-state index in [9.17, 15) is 0 Å². The molecule has 56 valence electrons. The fourth-order valence-corrected chi connectivity index (χ4v) is 1.15. The van der Waals surface area contributed by atoms with Gasteiger partial charge in [0.05, 0.1) is 11.9 Å². The molecule has 0 unspecified atom stereocenters. The molecule has 2 heterocycles. The smallest absolute Gasteiger partial charge is 0.137 e. The highest BCUT2D eigenvalue weighted by atomic mass is 14.8. The molecule has 3 heteroatoms. The minimum absolute atomic E-state index is 0.709. The lowest BCUT2D eigenvalue weighted by Crippen LogP contribution is -1.85. The molecule has 2 aromatic rings. The lowest BCUT2D eigenvalue weighted by Gasteiger charge is -1.92. The van der Waals surface area contributed by atoms with Crippen LogP contribution in [0, 0.1) is 6.92 Å². The molecule has 3 nitrogen and oxygen atoms in total. The van der Waals surface area contributed by atoms with Crippen LogP contribution in [0.5, 0.6) is 0 Å². The van der Waals surface area contributed by atoms with E-state index in [0.717, 1.165) is 11.0 Å². The Kier molecular flexibility index (Phi) is 1.12. The van der Waals surface area contributed by atoms with Crippen molar-refractivity contribution in [3.05, 3.63) is 24.0 Å². The summed E-state index contributed by atoms with van der Waals surface area (Å²) in [4.78, 5) is 7.17. The van der Waals surface area contributed by atoms with Crippen LogP contribution >= 0.6 is 0 Å². The maximum absolute atomic E-state index is 5.58. The van der Waals surface area contributed by atoms with E-state index in [1.165, 1.54) is 5.56 Å². The predicted molar refractivity (Wildman–Crippen MR) is 45.2 cm³/mol. The van der Waals surface area contributed by atoms with Gasteiger partial charge in [-0.15, -0.1) is 0 Å². The highest BCUT2D eigenvalue weighted by Gasteiger charge is 1.99. The number of rotatable bonds is 0. The van der Waals surface area contributed by atoms with Crippen LogP contribution < -0.4 is 5.73 Å². The van der Waals surface area contributed by atoms with Crippen LogP contribution in [0.3, 0.4) is 0 Å². The zero-order chi connectivity index (χ0) is 7.84. The van der Waals surface area contributed by atoms with Gasteiger partial charge in [0.15, 0.2) is 0 Å². The number of nitrogen functional groups attached to an aromatic ring is 1. The number of H-pyrrole nitrogens is 1. The maximum atomic E-state index is 5.58. The predicted octanol–water partition coefficient (Wildman–Crippen LogP) is 1.45. The SMILES string of the molecule is Cc1c[nH]c2ncc(N)cc12. The summed E-state index contributed by atoms with van der Waals surface area (Å²) in [5.41, 5.74) is 8.36. The molecule has 0 fully saturated rings. The van der Waals surface area contributed by atoms with Crippen LogP contribution in [0.4, 0.5) is 5.69 Å². The average Bonchev–Trinajstić information content (AvgIpc) is 2.33. The van der Waals surface area contributed by atoms with Crippen molar-refractivity contribution in [3.63, 3.8) is 0 Å². The highest BCUT2D eigenvalue weighted by molar-refractivity contribution is 5.81. The molecule has 0 spiro atoms. The Morgan fingerprint density at radius 3 is 3.18 bits per heavy atom. The van der Waals surface area contributed by atoms with Gasteiger partial charge in [-0.3, -0.25) is 0 Å². The van der Waals surface area contributed by atoms with Gasteiger partial charge in [0.2, 0.25) is 0 Å². The average molecular weight is 147 g/mol. The lowest BCUT2D eigenvalue weighted by molar-refractivity contribution is 1.32. The fraction of sp³-hybridized carbons (Fsp3) is 0.125. The quantitative estimate of drug-likeness (QED) is 0.592. The minimum Gasteiger partial charge on any atom is -0.397 e. The second-order valence-corrected chi connectivity index (χ2v) is 2.64. The summed E-state index contributed by atoms with van der Waals surface area (Å²) < 4.78 is 0. The van der Waals surface area contributed by atoms with Crippen molar-refractivity contribution in [1.82, 2.24) is 9.97 Å². The summed E-state index contributed by atoms with van der Waals surface area (Å²) >= 11 is 0. The summed E-state index contributed by atoms with van der Waals surface area (Å²) in [6.45, 7) is 2.03. The van der Waals surface area contributed by atoms with E-state index in [4.69, 9.17) is 5.73 Å². The monoisotopic (exact) mass is 147 g/mol. The zero-order valence-corrected chi connectivity index (χ0v) is 6.26. The number of nitrogens with two attached hydrogens (primary N) is 1. The van der Waals surface area contributed by atoms with E-state index in [2.05, 4.69) is 9.97 Å². The van der Waals surface area contributed by atoms with Crippen molar-refractivity contribution in [2.24, 2.45) is 0 Å². The van der Waals surface area contributed by atoms with Gasteiger partial charge in [-0.05, 0) is 18.6 Å². The first kappa shape index (κ1) is 6.22. The van der Waals surface area contributed by atoms with Crippen LogP contribution in [0.1, 0.15) is 5.56 Å². The molecule has 0 saturated carbocycles. The Bertz CT molecular complexity index is 389. The van der Waals surface area contributed by atoms with E-state index in [1.807, 2.05) is 19.2 Å². The van der Waals surface area contributed by atoms with Gasteiger partial charge >= 0.3 is 0 Å². The number of pyridine rings is 1. The molecule has 0 aliphatic carbocycles. The van der Waals surface area contributed by atoms with Gasteiger partial charge in [-0.25, -0.2) is 4.98 Å². The molecule has 0 amide bonds. The van der Waals surface area contributed by atoms with Gasteiger partial charge < -0.3 is 10.7 Å². The van der Waals surface area contributed by atoms with Crippen molar-refractivity contribution in [2.75, 3.05) is 5.73 Å². The van der Waals surface area contributed by atoms with E-state index in [-0.39, 0.29) is 0 Å². The number of aromatic nitrogens is 2. The standard InChI is InChI=1S/C8H9N3/c1-5-3-10-8-7(5)2-6(9)4-11-8/h2-4H,9H2,1H3,(H,10,11). The van der Waals surface area contributed by atoms with Crippen LogP contribution in [-0.2, 0) is 0 Å². The summed E-state index contributed by atoms with van der Waals surface area (Å²) in [7, 11) is 0. The van der Waals surface area contributed by atoms with Gasteiger partial charge in [-0.2, -0.15) is 0 Å². The normalized spacial score (nSPS) is 10.6. The number of aromatic amines is 1. The van der Waals surface area contributed by atoms with Crippen LogP contribution in [0.2, 0.25) is 0 Å². The zero-order valence-electron chi connectivity index (χ0n) is 6.26. The van der Waals surface area contributed by atoms with Crippen molar-refractivity contribution in [3.8, 4) is 0 Å². The number of nitrogens with one attached hydrogen (secondary N) is 1. The van der Waals surface area contributed by atoms with Gasteiger partial charge in [0, 0.05) is 11.6 Å². The topological polar surface area (TPSA) is 54.7 Å². The Labute approximate surface area is 64.2 Å². The highest BCUT2D eigenvalue weighted by Crippen LogP contribution is 2.16. The van der Waals surface area contributed by atoms with Gasteiger partial charge in [0.25, 0.3) is 0 Å². The van der Waals surface area contributed by atoms with Gasteiger partial charge in [0.1, 0.15) is 5.65 Å². The van der Waals surface area contributed by atoms with Crippen molar-refractivity contribution in [1.29, 1.82) is 0 Å². The first-order valence-electron chi connectivity index (χ1n) is 3.46. The van der Waals surface area contributed by atoms with E-state index < -0.39 is 0 Å². The third-order valence-corrected chi connectivity index (χ3v) is 1.76. The first-order valence-corrected chi connectivity index (χ1v) is 3.46. The number of hydrogen-bond acceptors (Lipinski definition) is 2. The summed E-state index contributed by atoms with van der Waals surface area (Å²) in [6, 6.07) is 1.92. The molecule has 0 radical (unpaired) electrons. The number of anilines is 1. The van der Waals surface area contributed by atoms with Crippen molar-refractivity contribution < 1.29 is 0 Å². The van der Waals surface area contributed by atoms with E-state index >= 15 is 0 Å². The molecule has 2 rings (SSSR count). The van der Waals surface area contributed by atoms with Crippen LogP contribution in [-0.4, -0.2) is 9.97 Å². The number of hydrogen-bond donors (Lipinski definition) is 2. The van der Waals surface area contributed by atoms with E-state index in [1.54, 1.807) is 6.20 Å². The van der Waals surface area contributed by atoms with E-state index in [0.29, 0.717) is 5.69 Å². The molecule has 0 saturated heterocycles. The van der Waals surface area contributed by atoms with Crippen LogP contribution in [0.25, 0.3) is 11.0 Å². The molecular formula is C8H9N3. The molecular weight excluding hydrogens is 138 g/mol. The first-order chi connectivity index (χ1) is 5.27. The summed E-state index contributed by atoms with van der Waals surface area (Å²) in [5.74, 6) is 0. The van der Waals surface area contributed by atoms with Gasteiger partial charge in [-0.1, -0.05) is 0 Å².